The lowest BCUT2D eigenvalue weighted by atomic mass is 9.88. The lowest BCUT2D eigenvalue weighted by molar-refractivity contribution is -0.139. The second-order valence-electron chi connectivity index (χ2n) is 6.23. The summed E-state index contributed by atoms with van der Waals surface area (Å²) in [4.78, 5) is 16.9. The number of nitrogens with one attached hydrogen (secondary N) is 1. The first-order chi connectivity index (χ1) is 8.58. The summed E-state index contributed by atoms with van der Waals surface area (Å²) in [6, 6.07) is 0. The molecule has 2 aliphatic rings. The zero-order valence-corrected chi connectivity index (χ0v) is 12.0. The van der Waals surface area contributed by atoms with Crippen LogP contribution in [-0.2, 0) is 4.79 Å². The number of rotatable bonds is 4. The van der Waals surface area contributed by atoms with Crippen molar-refractivity contribution in [3.63, 3.8) is 0 Å². The van der Waals surface area contributed by atoms with Crippen molar-refractivity contribution in [3.05, 3.63) is 0 Å². The number of piperazine rings is 1. The van der Waals surface area contributed by atoms with Gasteiger partial charge in [-0.15, -0.1) is 0 Å². The van der Waals surface area contributed by atoms with E-state index in [1.807, 2.05) is 0 Å². The molecule has 1 atom stereocenters. The van der Waals surface area contributed by atoms with E-state index in [0.29, 0.717) is 17.7 Å². The monoisotopic (exact) mass is 253 g/mol. The van der Waals surface area contributed by atoms with E-state index in [4.69, 9.17) is 0 Å². The van der Waals surface area contributed by atoms with E-state index in [9.17, 15) is 4.79 Å². The molecular weight excluding hydrogens is 226 g/mol. The molecule has 2 aliphatic heterocycles. The van der Waals surface area contributed by atoms with Gasteiger partial charge < -0.3 is 10.2 Å². The third-order valence-corrected chi connectivity index (χ3v) is 4.22. The Labute approximate surface area is 111 Å². The number of hydrogen-bond acceptors (Lipinski definition) is 3. The van der Waals surface area contributed by atoms with E-state index in [1.54, 1.807) is 0 Å². The van der Waals surface area contributed by atoms with Gasteiger partial charge in [0.25, 0.3) is 0 Å². The van der Waals surface area contributed by atoms with Crippen LogP contribution in [0.1, 0.15) is 20.8 Å². The predicted octanol–water partition coefficient (Wildman–Crippen LogP) is 0.642. The summed E-state index contributed by atoms with van der Waals surface area (Å²) in [5, 5.41) is 3.25. The van der Waals surface area contributed by atoms with E-state index in [0.717, 1.165) is 45.8 Å². The Bertz CT molecular complexity index is 281. The van der Waals surface area contributed by atoms with Crippen molar-refractivity contribution >= 4 is 5.91 Å². The van der Waals surface area contributed by atoms with Crippen molar-refractivity contribution in [1.29, 1.82) is 0 Å². The molecule has 2 saturated heterocycles. The molecule has 0 aromatic rings. The van der Waals surface area contributed by atoms with Crippen molar-refractivity contribution < 1.29 is 4.79 Å². The van der Waals surface area contributed by atoms with E-state index >= 15 is 0 Å². The highest BCUT2D eigenvalue weighted by Crippen LogP contribution is 2.19. The van der Waals surface area contributed by atoms with E-state index in [2.05, 4.69) is 35.9 Å². The Balaban J connectivity index is 1.76. The zero-order chi connectivity index (χ0) is 13.1. The van der Waals surface area contributed by atoms with Gasteiger partial charge in [0.05, 0.1) is 0 Å². The molecule has 0 spiro atoms. The fourth-order valence-corrected chi connectivity index (χ4v) is 2.82. The Kier molecular flexibility index (Phi) is 4.62. The molecule has 0 aromatic carbocycles. The summed E-state index contributed by atoms with van der Waals surface area (Å²) in [7, 11) is 0. The molecule has 2 heterocycles. The summed E-state index contributed by atoms with van der Waals surface area (Å²) in [6.07, 6.45) is 0. The second-order valence-corrected chi connectivity index (χ2v) is 6.23. The van der Waals surface area contributed by atoms with Gasteiger partial charge >= 0.3 is 0 Å². The summed E-state index contributed by atoms with van der Waals surface area (Å²) in [5.41, 5.74) is 0. The van der Waals surface area contributed by atoms with Crippen LogP contribution in [0.25, 0.3) is 0 Å². The molecular formula is C14H27N3O. The highest BCUT2D eigenvalue weighted by molar-refractivity contribution is 5.79. The van der Waals surface area contributed by atoms with Crippen molar-refractivity contribution in [3.8, 4) is 0 Å². The largest absolute Gasteiger partial charge is 0.340 e. The smallest absolute Gasteiger partial charge is 0.225 e. The van der Waals surface area contributed by atoms with Crippen LogP contribution < -0.4 is 5.32 Å². The van der Waals surface area contributed by atoms with Gasteiger partial charge in [-0.2, -0.15) is 0 Å². The van der Waals surface area contributed by atoms with Crippen molar-refractivity contribution in [1.82, 2.24) is 15.1 Å². The number of amides is 1. The molecule has 2 rings (SSSR count). The summed E-state index contributed by atoms with van der Waals surface area (Å²) in [6.45, 7) is 13.7. The standard InChI is InChI=1S/C14H27N3O/c1-11(2)10-16-4-6-17(7-5-16)14(18)12(3)13-8-15-9-13/h11-13,15H,4-10H2,1-3H3. The minimum Gasteiger partial charge on any atom is -0.340 e. The van der Waals surface area contributed by atoms with Crippen LogP contribution in [-0.4, -0.2) is 61.5 Å². The van der Waals surface area contributed by atoms with Gasteiger partial charge in [0.15, 0.2) is 0 Å². The van der Waals surface area contributed by atoms with Gasteiger partial charge in [-0.25, -0.2) is 0 Å². The molecule has 0 aromatic heterocycles. The van der Waals surface area contributed by atoms with Crippen LogP contribution in [0.5, 0.6) is 0 Å². The molecule has 0 saturated carbocycles. The average molecular weight is 253 g/mol. The molecule has 18 heavy (non-hydrogen) atoms. The number of nitrogens with zero attached hydrogens (tertiary/aromatic N) is 2. The molecule has 1 unspecified atom stereocenters. The van der Waals surface area contributed by atoms with Crippen LogP contribution >= 0.6 is 0 Å². The minimum atomic E-state index is 0.197. The predicted molar refractivity (Wildman–Crippen MR) is 73.4 cm³/mol. The number of carbonyl (C=O) groups excluding carboxylic acids is 1. The molecule has 4 heteroatoms. The second kappa shape index (κ2) is 6.02. The van der Waals surface area contributed by atoms with Gasteiger partial charge in [0, 0.05) is 38.6 Å². The summed E-state index contributed by atoms with van der Waals surface area (Å²) >= 11 is 0. The SMILES string of the molecule is CC(C)CN1CCN(C(=O)C(C)C2CNC2)CC1. The Morgan fingerprint density at radius 2 is 1.78 bits per heavy atom. The first kappa shape index (κ1) is 13.8. The molecule has 0 bridgehead atoms. The Hall–Kier alpha value is -0.610. The number of carbonyl (C=O) groups is 1. The van der Waals surface area contributed by atoms with Crippen molar-refractivity contribution in [2.24, 2.45) is 17.8 Å². The van der Waals surface area contributed by atoms with E-state index in [-0.39, 0.29) is 5.92 Å². The maximum Gasteiger partial charge on any atom is 0.225 e. The van der Waals surface area contributed by atoms with Crippen LogP contribution in [0.4, 0.5) is 0 Å². The molecule has 4 nitrogen and oxygen atoms in total. The normalized spacial score (nSPS) is 24.1. The molecule has 2 fully saturated rings. The minimum absolute atomic E-state index is 0.197. The van der Waals surface area contributed by atoms with Crippen molar-refractivity contribution in [2.45, 2.75) is 20.8 Å². The van der Waals surface area contributed by atoms with E-state index in [1.165, 1.54) is 0 Å². The van der Waals surface area contributed by atoms with E-state index < -0.39 is 0 Å². The first-order valence-electron chi connectivity index (χ1n) is 7.29. The average Bonchev–Trinajstić information content (AvgIpc) is 2.26. The molecule has 1 N–H and O–H groups in total. The fourth-order valence-electron chi connectivity index (χ4n) is 2.82. The summed E-state index contributed by atoms with van der Waals surface area (Å²) in [5.74, 6) is 1.84. The van der Waals surface area contributed by atoms with Crippen LogP contribution in [0.2, 0.25) is 0 Å². The number of hydrogen-bond donors (Lipinski definition) is 1. The van der Waals surface area contributed by atoms with Gasteiger partial charge in [-0.05, 0) is 24.9 Å². The molecule has 0 aliphatic carbocycles. The van der Waals surface area contributed by atoms with Gasteiger partial charge in [0.1, 0.15) is 0 Å². The van der Waals surface area contributed by atoms with Crippen LogP contribution in [0, 0.1) is 17.8 Å². The van der Waals surface area contributed by atoms with Crippen LogP contribution in [0.3, 0.4) is 0 Å². The molecule has 104 valence electrons. The fraction of sp³-hybridized carbons (Fsp3) is 0.929. The highest BCUT2D eigenvalue weighted by atomic mass is 16.2. The Morgan fingerprint density at radius 1 is 1.17 bits per heavy atom. The first-order valence-corrected chi connectivity index (χ1v) is 7.29. The third-order valence-electron chi connectivity index (χ3n) is 4.22. The topological polar surface area (TPSA) is 35.6 Å². The third kappa shape index (κ3) is 3.23. The quantitative estimate of drug-likeness (QED) is 0.799. The van der Waals surface area contributed by atoms with Gasteiger partial charge in [-0.3, -0.25) is 9.69 Å². The molecule has 1 amide bonds. The van der Waals surface area contributed by atoms with Crippen molar-refractivity contribution in [2.75, 3.05) is 45.8 Å². The zero-order valence-electron chi connectivity index (χ0n) is 12.0. The van der Waals surface area contributed by atoms with Crippen LogP contribution in [0.15, 0.2) is 0 Å². The maximum atomic E-state index is 12.3. The lowest BCUT2D eigenvalue weighted by Gasteiger charge is -2.39. The molecule has 0 radical (unpaired) electrons. The summed E-state index contributed by atoms with van der Waals surface area (Å²) < 4.78 is 0. The Morgan fingerprint density at radius 3 is 2.22 bits per heavy atom. The lowest BCUT2D eigenvalue weighted by Crippen LogP contribution is -2.54. The van der Waals surface area contributed by atoms with Gasteiger partial charge in [-0.1, -0.05) is 20.8 Å². The highest BCUT2D eigenvalue weighted by Gasteiger charge is 2.32. The maximum absolute atomic E-state index is 12.3. The van der Waals surface area contributed by atoms with Gasteiger partial charge in [0.2, 0.25) is 5.91 Å².